The summed E-state index contributed by atoms with van der Waals surface area (Å²) in [5.41, 5.74) is 1.36. The highest BCUT2D eigenvalue weighted by molar-refractivity contribution is 7.16. The van der Waals surface area contributed by atoms with Gasteiger partial charge in [-0.2, -0.15) is 5.26 Å². The van der Waals surface area contributed by atoms with Crippen molar-refractivity contribution in [1.29, 1.82) is 5.26 Å². The van der Waals surface area contributed by atoms with Gasteiger partial charge < -0.3 is 15.0 Å². The highest BCUT2D eigenvalue weighted by atomic mass is 35.5. The third-order valence-corrected chi connectivity index (χ3v) is 6.42. The minimum Gasteiger partial charge on any atom is -0.450 e. The number of nitrogens with zero attached hydrogens (tertiary/aromatic N) is 2. The third-order valence-electron chi connectivity index (χ3n) is 3.96. The number of rotatable bonds is 4. The number of thiophene rings is 2. The van der Waals surface area contributed by atoms with E-state index < -0.39 is 0 Å². The summed E-state index contributed by atoms with van der Waals surface area (Å²) < 4.78 is 5.04. The molecule has 0 aliphatic carbocycles. The van der Waals surface area contributed by atoms with Crippen molar-refractivity contribution in [2.24, 2.45) is 0 Å². The minimum atomic E-state index is -0.364. The summed E-state index contributed by atoms with van der Waals surface area (Å²) in [5, 5.41) is 15.2. The van der Waals surface area contributed by atoms with Gasteiger partial charge in [-0.25, -0.2) is 4.79 Å². The first-order chi connectivity index (χ1) is 13.0. The molecular formula is C18H16ClN3O3S2. The lowest BCUT2D eigenvalue weighted by Crippen LogP contribution is -2.35. The maximum absolute atomic E-state index is 12.2. The molecule has 140 valence electrons. The van der Waals surface area contributed by atoms with Gasteiger partial charge in [0.05, 0.1) is 23.7 Å². The minimum absolute atomic E-state index is 0.317. The van der Waals surface area contributed by atoms with E-state index in [0.717, 1.165) is 15.3 Å². The normalized spacial score (nSPS) is 13.3. The van der Waals surface area contributed by atoms with Crippen molar-refractivity contribution in [3.63, 3.8) is 0 Å². The van der Waals surface area contributed by atoms with Gasteiger partial charge in [-0.3, -0.25) is 4.79 Å². The zero-order valence-corrected chi connectivity index (χ0v) is 16.8. The van der Waals surface area contributed by atoms with Crippen molar-refractivity contribution in [3.05, 3.63) is 43.4 Å². The van der Waals surface area contributed by atoms with Crippen LogP contribution < -0.4 is 5.32 Å². The Morgan fingerprint density at radius 1 is 1.52 bits per heavy atom. The molecule has 3 heterocycles. The van der Waals surface area contributed by atoms with E-state index >= 15 is 0 Å². The number of carbonyl (C=O) groups is 2. The molecule has 1 N–H and O–H groups in total. The van der Waals surface area contributed by atoms with E-state index in [2.05, 4.69) is 11.4 Å². The Hall–Kier alpha value is -2.34. The average molecular weight is 422 g/mol. The van der Waals surface area contributed by atoms with Crippen molar-refractivity contribution < 1.29 is 14.3 Å². The maximum atomic E-state index is 12.2. The predicted octanol–water partition coefficient (Wildman–Crippen LogP) is 4.50. The highest BCUT2D eigenvalue weighted by Gasteiger charge is 2.27. The van der Waals surface area contributed by atoms with E-state index in [0.29, 0.717) is 41.7 Å². The van der Waals surface area contributed by atoms with Crippen LogP contribution in [-0.4, -0.2) is 30.1 Å². The molecule has 0 saturated carbocycles. The SMILES string of the molecule is CCOC(=O)N1CCc2c(sc(NC(=O)/C=C/c3sccc3Cl)c2C#N)C1. The van der Waals surface area contributed by atoms with Crippen molar-refractivity contribution >= 4 is 57.4 Å². The summed E-state index contributed by atoms with van der Waals surface area (Å²) in [5.74, 6) is -0.336. The number of anilines is 1. The van der Waals surface area contributed by atoms with Gasteiger partial charge in [0.2, 0.25) is 5.91 Å². The van der Waals surface area contributed by atoms with E-state index in [4.69, 9.17) is 16.3 Å². The summed E-state index contributed by atoms with van der Waals surface area (Å²) >= 11 is 8.76. The molecule has 2 aromatic heterocycles. The van der Waals surface area contributed by atoms with E-state index in [9.17, 15) is 14.9 Å². The van der Waals surface area contributed by atoms with Gasteiger partial charge >= 0.3 is 6.09 Å². The molecular weight excluding hydrogens is 406 g/mol. The van der Waals surface area contributed by atoms with E-state index in [1.165, 1.54) is 28.7 Å². The van der Waals surface area contributed by atoms with Crippen LogP contribution in [0.25, 0.3) is 6.08 Å². The molecule has 1 aliphatic rings. The second-order valence-electron chi connectivity index (χ2n) is 5.65. The molecule has 9 heteroatoms. The average Bonchev–Trinajstić information content (AvgIpc) is 3.21. The van der Waals surface area contributed by atoms with Crippen LogP contribution >= 0.6 is 34.3 Å². The highest BCUT2D eigenvalue weighted by Crippen LogP contribution is 2.36. The maximum Gasteiger partial charge on any atom is 0.410 e. The predicted molar refractivity (Wildman–Crippen MR) is 107 cm³/mol. The van der Waals surface area contributed by atoms with Crippen molar-refractivity contribution in [2.45, 2.75) is 19.9 Å². The first-order valence-corrected chi connectivity index (χ1v) is 10.3. The van der Waals surface area contributed by atoms with Crippen LogP contribution in [0.15, 0.2) is 17.5 Å². The van der Waals surface area contributed by atoms with Crippen LogP contribution in [0, 0.1) is 11.3 Å². The Morgan fingerprint density at radius 2 is 2.33 bits per heavy atom. The fourth-order valence-corrected chi connectivity index (χ4v) is 4.94. The molecule has 6 nitrogen and oxygen atoms in total. The Morgan fingerprint density at radius 3 is 3.00 bits per heavy atom. The summed E-state index contributed by atoms with van der Waals surface area (Å²) in [6.45, 7) is 2.94. The summed E-state index contributed by atoms with van der Waals surface area (Å²) in [7, 11) is 0. The molecule has 0 radical (unpaired) electrons. The number of nitrogens with one attached hydrogen (secondary N) is 1. The smallest absolute Gasteiger partial charge is 0.410 e. The second-order valence-corrected chi connectivity index (χ2v) is 8.11. The first-order valence-electron chi connectivity index (χ1n) is 8.21. The van der Waals surface area contributed by atoms with E-state index in [1.807, 2.05) is 5.38 Å². The summed E-state index contributed by atoms with van der Waals surface area (Å²) in [4.78, 5) is 27.5. The molecule has 27 heavy (non-hydrogen) atoms. The lowest BCUT2D eigenvalue weighted by Gasteiger charge is -2.25. The summed E-state index contributed by atoms with van der Waals surface area (Å²) in [6.07, 6.45) is 3.23. The van der Waals surface area contributed by atoms with Crippen molar-refractivity contribution in [3.8, 4) is 6.07 Å². The number of nitriles is 1. The lowest BCUT2D eigenvalue weighted by atomic mass is 10.0. The number of halogens is 1. The first kappa shape index (κ1) is 19.4. The number of hydrogen-bond donors (Lipinski definition) is 1. The van der Waals surface area contributed by atoms with Gasteiger partial charge in [0, 0.05) is 22.4 Å². The van der Waals surface area contributed by atoms with Gasteiger partial charge in [0.1, 0.15) is 11.1 Å². The number of fused-ring (bicyclic) bond motifs is 1. The van der Waals surface area contributed by atoms with Crippen LogP contribution in [0.3, 0.4) is 0 Å². The fourth-order valence-electron chi connectivity index (χ4n) is 2.71. The molecule has 2 amide bonds. The van der Waals surface area contributed by atoms with E-state index in [-0.39, 0.29) is 12.0 Å². The Bertz CT molecular complexity index is 942. The third kappa shape index (κ3) is 4.33. The molecule has 3 rings (SSSR count). The summed E-state index contributed by atoms with van der Waals surface area (Å²) in [6, 6.07) is 3.94. The van der Waals surface area contributed by atoms with Crippen LogP contribution in [0.5, 0.6) is 0 Å². The quantitative estimate of drug-likeness (QED) is 0.736. The van der Waals surface area contributed by atoms with Crippen LogP contribution in [0.4, 0.5) is 9.80 Å². The number of hydrogen-bond acceptors (Lipinski definition) is 6. The van der Waals surface area contributed by atoms with Crippen molar-refractivity contribution in [2.75, 3.05) is 18.5 Å². The molecule has 0 saturated heterocycles. The van der Waals surface area contributed by atoms with Crippen LogP contribution in [0.2, 0.25) is 5.02 Å². The number of carbonyl (C=O) groups excluding carboxylic acids is 2. The van der Waals surface area contributed by atoms with Crippen molar-refractivity contribution in [1.82, 2.24) is 4.90 Å². The number of amides is 2. The van der Waals surface area contributed by atoms with Crippen LogP contribution in [-0.2, 0) is 22.5 Å². The molecule has 0 atom stereocenters. The lowest BCUT2D eigenvalue weighted by molar-refractivity contribution is -0.111. The topological polar surface area (TPSA) is 82.4 Å². The Balaban J connectivity index is 1.75. The second kappa shape index (κ2) is 8.57. The molecule has 0 bridgehead atoms. The number of ether oxygens (including phenoxy) is 1. The molecule has 0 spiro atoms. The Kier molecular flexibility index (Phi) is 6.16. The molecule has 2 aromatic rings. The molecule has 0 unspecified atom stereocenters. The monoisotopic (exact) mass is 421 g/mol. The van der Waals surface area contributed by atoms with Gasteiger partial charge in [-0.05, 0) is 36.4 Å². The van der Waals surface area contributed by atoms with Crippen LogP contribution in [0.1, 0.15) is 27.8 Å². The van der Waals surface area contributed by atoms with E-state index in [1.54, 1.807) is 24.0 Å². The molecule has 1 aliphatic heterocycles. The Labute approximate surface area is 169 Å². The standard InChI is InChI=1S/C18H16ClN3O3S2/c1-2-25-18(24)22-7-5-11-12(9-20)17(27-15(11)10-22)21-16(23)4-3-14-13(19)6-8-26-14/h3-4,6,8H,2,5,7,10H2,1H3,(H,21,23)/b4-3+. The zero-order chi connectivity index (χ0) is 19.4. The van der Waals surface area contributed by atoms with Gasteiger partial charge in [0.25, 0.3) is 0 Å². The molecule has 0 aromatic carbocycles. The zero-order valence-electron chi connectivity index (χ0n) is 14.5. The molecule has 0 fully saturated rings. The largest absolute Gasteiger partial charge is 0.450 e. The van der Waals surface area contributed by atoms with Gasteiger partial charge in [-0.1, -0.05) is 11.6 Å². The van der Waals surface area contributed by atoms with Gasteiger partial charge in [0.15, 0.2) is 0 Å². The fraction of sp³-hybridized carbons (Fsp3) is 0.278. The van der Waals surface area contributed by atoms with Gasteiger partial charge in [-0.15, -0.1) is 22.7 Å².